The Hall–Kier alpha value is -2.83. The summed E-state index contributed by atoms with van der Waals surface area (Å²) in [6.07, 6.45) is 1.32. The van der Waals surface area contributed by atoms with Crippen molar-refractivity contribution in [1.29, 1.82) is 0 Å². The number of halogens is 2. The summed E-state index contributed by atoms with van der Waals surface area (Å²) in [7, 11) is 0. The lowest BCUT2D eigenvalue weighted by Crippen LogP contribution is -2.37. The van der Waals surface area contributed by atoms with Crippen LogP contribution in [0.2, 0.25) is 0 Å². The van der Waals surface area contributed by atoms with E-state index >= 15 is 0 Å². The van der Waals surface area contributed by atoms with E-state index in [2.05, 4.69) is 5.32 Å². The van der Waals surface area contributed by atoms with Gasteiger partial charge < -0.3 is 19.7 Å². The molecule has 0 atom stereocenters. The van der Waals surface area contributed by atoms with Gasteiger partial charge in [0.25, 0.3) is 0 Å². The summed E-state index contributed by atoms with van der Waals surface area (Å²) in [6, 6.07) is 7.40. The molecule has 7 heteroatoms. The Kier molecular flexibility index (Phi) is 6.34. The molecule has 2 aromatic rings. The monoisotopic (exact) mass is 390 g/mol. The number of rotatable bonds is 7. The van der Waals surface area contributed by atoms with Crippen LogP contribution >= 0.6 is 0 Å². The molecule has 1 heterocycles. The van der Waals surface area contributed by atoms with E-state index in [9.17, 15) is 13.6 Å². The summed E-state index contributed by atoms with van der Waals surface area (Å²) < 4.78 is 38.8. The van der Waals surface area contributed by atoms with E-state index in [0.717, 1.165) is 12.5 Å². The Morgan fingerprint density at radius 2 is 1.93 bits per heavy atom. The number of ether oxygens (including phenoxy) is 2. The highest BCUT2D eigenvalue weighted by Crippen LogP contribution is 2.32. The molecule has 3 rings (SSSR count). The van der Waals surface area contributed by atoms with Crippen molar-refractivity contribution in [2.24, 2.45) is 0 Å². The molecule has 0 aliphatic carbocycles. The minimum atomic E-state index is -0.643. The molecule has 0 saturated carbocycles. The molecule has 150 valence electrons. The van der Waals surface area contributed by atoms with Gasteiger partial charge in [0, 0.05) is 18.7 Å². The van der Waals surface area contributed by atoms with E-state index in [1.165, 1.54) is 6.07 Å². The number of carbonyl (C=O) groups is 1. The van der Waals surface area contributed by atoms with Gasteiger partial charge in [-0.3, -0.25) is 4.79 Å². The van der Waals surface area contributed by atoms with Gasteiger partial charge in [-0.25, -0.2) is 8.78 Å². The molecule has 0 spiro atoms. The molecule has 1 N–H and O–H groups in total. The fourth-order valence-corrected chi connectivity index (χ4v) is 3.40. The van der Waals surface area contributed by atoms with Gasteiger partial charge in [0.1, 0.15) is 23.1 Å². The number of benzene rings is 2. The quantitative estimate of drug-likeness (QED) is 0.772. The lowest BCUT2D eigenvalue weighted by atomic mass is 10.0. The van der Waals surface area contributed by atoms with Crippen LogP contribution in [0.15, 0.2) is 30.3 Å². The number of hydrogen-bond acceptors (Lipinski definition) is 4. The molecule has 2 aromatic carbocycles. The molecule has 5 nitrogen and oxygen atoms in total. The van der Waals surface area contributed by atoms with Gasteiger partial charge in [0.05, 0.1) is 31.1 Å². The molecule has 0 radical (unpaired) electrons. The molecule has 28 heavy (non-hydrogen) atoms. The van der Waals surface area contributed by atoms with Gasteiger partial charge in [-0.1, -0.05) is 0 Å². The van der Waals surface area contributed by atoms with Crippen molar-refractivity contribution >= 4 is 17.3 Å². The van der Waals surface area contributed by atoms with Crippen molar-refractivity contribution in [1.82, 2.24) is 0 Å². The molecule has 0 bridgehead atoms. The van der Waals surface area contributed by atoms with E-state index in [-0.39, 0.29) is 12.5 Å². The van der Waals surface area contributed by atoms with Crippen molar-refractivity contribution in [2.45, 2.75) is 26.7 Å². The first-order valence-electron chi connectivity index (χ1n) is 9.44. The van der Waals surface area contributed by atoms with Gasteiger partial charge in [0.15, 0.2) is 0 Å². The summed E-state index contributed by atoms with van der Waals surface area (Å²) in [4.78, 5) is 14.3. The summed E-state index contributed by atoms with van der Waals surface area (Å²) in [5, 5.41) is 2.82. The fourth-order valence-electron chi connectivity index (χ4n) is 3.40. The highest BCUT2D eigenvalue weighted by atomic mass is 19.1. The zero-order valence-electron chi connectivity index (χ0n) is 16.1. The topological polar surface area (TPSA) is 50.8 Å². The minimum Gasteiger partial charge on any atom is -0.494 e. The number of nitrogens with one attached hydrogen (secondary N) is 1. The average molecular weight is 390 g/mol. The SMILES string of the molecule is CCOc1ccc(OCC)c(NC(=O)CN2CCCc3cc(F)cc(F)c32)c1. The largest absolute Gasteiger partial charge is 0.494 e. The van der Waals surface area contributed by atoms with Crippen molar-refractivity contribution in [3.05, 3.63) is 47.5 Å². The Morgan fingerprint density at radius 3 is 2.68 bits per heavy atom. The maximum absolute atomic E-state index is 14.3. The van der Waals surface area contributed by atoms with Crippen molar-refractivity contribution < 1.29 is 23.0 Å². The van der Waals surface area contributed by atoms with Crippen LogP contribution in [0.1, 0.15) is 25.8 Å². The number of anilines is 2. The van der Waals surface area contributed by atoms with Crippen LogP contribution in [-0.4, -0.2) is 32.2 Å². The van der Waals surface area contributed by atoms with Crippen molar-refractivity contribution in [2.75, 3.05) is 36.5 Å². The molecule has 0 aromatic heterocycles. The average Bonchev–Trinajstić information content (AvgIpc) is 2.64. The standard InChI is InChI=1S/C21H24F2N2O3/c1-3-27-16-7-8-19(28-4-2)18(12-16)24-20(26)13-25-9-5-6-14-10-15(22)11-17(23)21(14)25/h7-8,10-12H,3-6,9,13H2,1-2H3,(H,24,26). The lowest BCUT2D eigenvalue weighted by Gasteiger charge is -2.31. The maximum atomic E-state index is 14.3. The van der Waals surface area contributed by atoms with Crippen LogP contribution in [0.25, 0.3) is 0 Å². The zero-order chi connectivity index (χ0) is 20.1. The van der Waals surface area contributed by atoms with Gasteiger partial charge in [0.2, 0.25) is 5.91 Å². The summed E-state index contributed by atoms with van der Waals surface area (Å²) >= 11 is 0. The number of aryl methyl sites for hydroxylation is 1. The lowest BCUT2D eigenvalue weighted by molar-refractivity contribution is -0.115. The zero-order valence-corrected chi connectivity index (χ0v) is 16.1. The van der Waals surface area contributed by atoms with Crippen molar-refractivity contribution in [3.8, 4) is 11.5 Å². The summed E-state index contributed by atoms with van der Waals surface area (Å²) in [5.74, 6) is -0.406. The molecule has 1 aliphatic heterocycles. The Bertz CT molecular complexity index is 858. The van der Waals surface area contributed by atoms with Crippen LogP contribution < -0.4 is 19.7 Å². The third-order valence-electron chi connectivity index (χ3n) is 4.47. The molecule has 1 aliphatic rings. The van der Waals surface area contributed by atoms with Crippen LogP contribution in [0.3, 0.4) is 0 Å². The van der Waals surface area contributed by atoms with E-state index in [4.69, 9.17) is 9.47 Å². The first kappa shape index (κ1) is 19.9. The normalized spacial score (nSPS) is 13.1. The first-order valence-corrected chi connectivity index (χ1v) is 9.44. The number of amides is 1. The second-order valence-electron chi connectivity index (χ2n) is 6.49. The predicted molar refractivity (Wildman–Crippen MR) is 104 cm³/mol. The van der Waals surface area contributed by atoms with Gasteiger partial charge in [-0.05, 0) is 50.5 Å². The number of carbonyl (C=O) groups excluding carboxylic acids is 1. The van der Waals surface area contributed by atoms with Crippen LogP contribution in [0, 0.1) is 11.6 Å². The highest BCUT2D eigenvalue weighted by Gasteiger charge is 2.24. The number of hydrogen-bond donors (Lipinski definition) is 1. The molecule has 1 amide bonds. The Balaban J connectivity index is 1.78. The summed E-state index contributed by atoms with van der Waals surface area (Å²) in [5.41, 5.74) is 1.38. The molecule has 0 saturated heterocycles. The molecular formula is C21H24F2N2O3. The predicted octanol–water partition coefficient (Wildman–Crippen LogP) is 4.15. The van der Waals surface area contributed by atoms with Crippen LogP contribution in [-0.2, 0) is 11.2 Å². The van der Waals surface area contributed by atoms with Crippen molar-refractivity contribution in [3.63, 3.8) is 0 Å². The van der Waals surface area contributed by atoms with E-state index in [1.54, 1.807) is 23.1 Å². The van der Waals surface area contributed by atoms with Crippen LogP contribution in [0.4, 0.5) is 20.2 Å². The Labute approximate surface area is 163 Å². The second kappa shape index (κ2) is 8.91. The molecule has 0 unspecified atom stereocenters. The second-order valence-corrected chi connectivity index (χ2v) is 6.49. The number of nitrogens with zero attached hydrogens (tertiary/aromatic N) is 1. The van der Waals surface area contributed by atoms with E-state index in [1.807, 2.05) is 13.8 Å². The Morgan fingerprint density at radius 1 is 1.14 bits per heavy atom. The summed E-state index contributed by atoms with van der Waals surface area (Å²) in [6.45, 7) is 5.17. The third-order valence-corrected chi connectivity index (χ3v) is 4.47. The highest BCUT2D eigenvalue weighted by molar-refractivity contribution is 5.95. The van der Waals surface area contributed by atoms with Gasteiger partial charge in [-0.2, -0.15) is 0 Å². The van der Waals surface area contributed by atoms with Gasteiger partial charge >= 0.3 is 0 Å². The van der Waals surface area contributed by atoms with E-state index in [0.29, 0.717) is 54.6 Å². The fraction of sp³-hybridized carbons (Fsp3) is 0.381. The van der Waals surface area contributed by atoms with Crippen LogP contribution in [0.5, 0.6) is 11.5 Å². The third kappa shape index (κ3) is 4.52. The van der Waals surface area contributed by atoms with E-state index < -0.39 is 11.6 Å². The smallest absolute Gasteiger partial charge is 0.243 e. The minimum absolute atomic E-state index is 0.0417. The molecular weight excluding hydrogens is 366 g/mol. The number of fused-ring (bicyclic) bond motifs is 1. The maximum Gasteiger partial charge on any atom is 0.243 e. The first-order chi connectivity index (χ1) is 13.5. The molecule has 0 fully saturated rings. The van der Waals surface area contributed by atoms with Gasteiger partial charge in [-0.15, -0.1) is 0 Å².